The molecule has 8 nitrogen and oxygen atoms in total. The largest absolute Gasteiger partial charge is 0.339 e. The number of hydrogen-bond acceptors (Lipinski definition) is 7. The summed E-state index contributed by atoms with van der Waals surface area (Å²) in [7, 11) is -3.64. The number of nitrogens with zero attached hydrogens (tertiary/aromatic N) is 3. The highest BCUT2D eigenvalue weighted by Gasteiger charge is 2.33. The predicted molar refractivity (Wildman–Crippen MR) is 130 cm³/mol. The van der Waals surface area contributed by atoms with Gasteiger partial charge in [0.05, 0.1) is 0 Å². The average molecular weight is 501 g/mol. The zero-order valence-corrected chi connectivity index (χ0v) is 20.9. The quantitative estimate of drug-likeness (QED) is 0.525. The number of nitrogens with one attached hydrogen (secondary N) is 1. The lowest BCUT2D eigenvalue weighted by molar-refractivity contribution is -0.120. The number of anilines is 1. The Morgan fingerprint density at radius 3 is 2.59 bits per heavy atom. The maximum atomic E-state index is 13.2. The first-order valence-corrected chi connectivity index (χ1v) is 13.9. The van der Waals surface area contributed by atoms with Crippen LogP contribution in [0.1, 0.15) is 55.0 Å². The summed E-state index contributed by atoms with van der Waals surface area (Å²) in [6, 6.07) is 7.53. The maximum absolute atomic E-state index is 13.2. The van der Waals surface area contributed by atoms with E-state index in [1.54, 1.807) is 11.4 Å². The topological polar surface area (TPSA) is 105 Å². The van der Waals surface area contributed by atoms with Crippen molar-refractivity contribution < 1.29 is 17.7 Å². The molecule has 1 saturated heterocycles. The molecule has 5 rings (SSSR count). The first-order valence-electron chi connectivity index (χ1n) is 11.6. The molecule has 1 amide bonds. The molecule has 1 aliphatic carbocycles. The number of aryl methyl sites for hydroxylation is 2. The van der Waals surface area contributed by atoms with Crippen LogP contribution in [0, 0.1) is 19.8 Å². The van der Waals surface area contributed by atoms with Gasteiger partial charge in [-0.15, -0.1) is 11.3 Å². The molecule has 3 heterocycles. The molecule has 1 aliphatic heterocycles. The molecule has 0 unspecified atom stereocenters. The van der Waals surface area contributed by atoms with Gasteiger partial charge >= 0.3 is 0 Å². The summed E-state index contributed by atoms with van der Waals surface area (Å²) in [4.78, 5) is 17.2. The van der Waals surface area contributed by atoms with Gasteiger partial charge in [0.1, 0.15) is 4.21 Å². The lowest BCUT2D eigenvalue weighted by Crippen LogP contribution is -2.41. The molecule has 0 bridgehead atoms. The highest BCUT2D eigenvalue weighted by atomic mass is 32.2. The number of sulfonamides is 1. The molecule has 180 valence electrons. The average Bonchev–Trinajstić information content (AvgIpc) is 3.45. The van der Waals surface area contributed by atoms with Crippen molar-refractivity contribution in [3.05, 3.63) is 46.7 Å². The van der Waals surface area contributed by atoms with Gasteiger partial charge in [-0.3, -0.25) is 4.79 Å². The van der Waals surface area contributed by atoms with Gasteiger partial charge in [0.2, 0.25) is 17.6 Å². The van der Waals surface area contributed by atoms with E-state index in [-0.39, 0.29) is 16.0 Å². The van der Waals surface area contributed by atoms with Gasteiger partial charge in [0, 0.05) is 41.6 Å². The zero-order chi connectivity index (χ0) is 23.9. The van der Waals surface area contributed by atoms with E-state index >= 15 is 0 Å². The molecule has 10 heteroatoms. The first kappa shape index (κ1) is 23.2. The van der Waals surface area contributed by atoms with Crippen LogP contribution in [-0.4, -0.2) is 41.9 Å². The number of rotatable bonds is 6. The lowest BCUT2D eigenvalue weighted by atomic mass is 9.85. The third kappa shape index (κ3) is 4.54. The molecule has 0 spiro atoms. The van der Waals surface area contributed by atoms with E-state index in [9.17, 15) is 13.2 Å². The van der Waals surface area contributed by atoms with Crippen LogP contribution in [0.25, 0.3) is 11.4 Å². The minimum atomic E-state index is -3.64. The molecule has 2 aliphatic rings. The number of carbonyl (C=O) groups excluding carboxylic acids is 1. The highest BCUT2D eigenvalue weighted by Crippen LogP contribution is 2.37. The summed E-state index contributed by atoms with van der Waals surface area (Å²) in [5, 5.41) is 8.80. The molecule has 1 saturated carbocycles. The number of benzene rings is 1. The van der Waals surface area contributed by atoms with E-state index < -0.39 is 10.0 Å². The van der Waals surface area contributed by atoms with Gasteiger partial charge in [-0.05, 0) is 57.2 Å². The highest BCUT2D eigenvalue weighted by molar-refractivity contribution is 7.91. The van der Waals surface area contributed by atoms with Crippen LogP contribution in [0.5, 0.6) is 0 Å². The van der Waals surface area contributed by atoms with Crippen molar-refractivity contribution in [2.45, 2.75) is 56.1 Å². The Morgan fingerprint density at radius 1 is 1.15 bits per heavy atom. The second kappa shape index (κ2) is 9.24. The fraction of sp³-hybridized carbons (Fsp3) is 0.458. The summed E-state index contributed by atoms with van der Waals surface area (Å²) in [5.41, 5.74) is 3.62. The van der Waals surface area contributed by atoms with Crippen LogP contribution in [0.2, 0.25) is 0 Å². The van der Waals surface area contributed by atoms with E-state index in [2.05, 4.69) is 15.5 Å². The van der Waals surface area contributed by atoms with Crippen molar-refractivity contribution in [2.24, 2.45) is 5.92 Å². The third-order valence-corrected chi connectivity index (χ3v) is 10.1. The van der Waals surface area contributed by atoms with Crippen molar-refractivity contribution in [1.82, 2.24) is 14.4 Å². The Hall–Kier alpha value is -2.56. The summed E-state index contributed by atoms with van der Waals surface area (Å²) in [6.45, 7) is 4.61. The SMILES string of the molecule is Cc1ccc(NC(=O)C2CCN(S(=O)(=O)c3cc(-c4noc(C5CCC5)n4)cs3)CC2)c(C)c1. The second-order valence-electron chi connectivity index (χ2n) is 9.22. The lowest BCUT2D eigenvalue weighted by Gasteiger charge is -2.30. The van der Waals surface area contributed by atoms with Gasteiger partial charge in [0.25, 0.3) is 10.0 Å². The van der Waals surface area contributed by atoms with Crippen molar-refractivity contribution >= 4 is 33.0 Å². The van der Waals surface area contributed by atoms with Crippen LogP contribution >= 0.6 is 11.3 Å². The van der Waals surface area contributed by atoms with Gasteiger partial charge in [-0.1, -0.05) is 29.3 Å². The molecule has 3 aromatic rings. The molecule has 2 fully saturated rings. The maximum Gasteiger partial charge on any atom is 0.252 e. The molecule has 0 radical (unpaired) electrons. The van der Waals surface area contributed by atoms with Crippen molar-refractivity contribution in [3.63, 3.8) is 0 Å². The number of amides is 1. The Kier molecular flexibility index (Phi) is 6.30. The van der Waals surface area contributed by atoms with E-state index in [4.69, 9.17) is 4.52 Å². The zero-order valence-electron chi connectivity index (χ0n) is 19.3. The number of thiophene rings is 1. The summed E-state index contributed by atoms with van der Waals surface area (Å²) < 4.78 is 33.5. The number of piperidine rings is 1. The molecule has 1 aromatic carbocycles. The first-order chi connectivity index (χ1) is 16.3. The van der Waals surface area contributed by atoms with Crippen molar-refractivity contribution in [2.75, 3.05) is 18.4 Å². The molecule has 2 aromatic heterocycles. The fourth-order valence-electron chi connectivity index (χ4n) is 4.42. The van der Waals surface area contributed by atoms with Crippen molar-refractivity contribution in [1.29, 1.82) is 0 Å². The van der Waals surface area contributed by atoms with Crippen LogP contribution in [-0.2, 0) is 14.8 Å². The van der Waals surface area contributed by atoms with Crippen molar-refractivity contribution in [3.8, 4) is 11.4 Å². The van der Waals surface area contributed by atoms with Crippen LogP contribution in [0.15, 0.2) is 38.4 Å². The van der Waals surface area contributed by atoms with Crippen LogP contribution < -0.4 is 5.32 Å². The number of aromatic nitrogens is 2. The van der Waals surface area contributed by atoms with Gasteiger partial charge in [-0.2, -0.15) is 9.29 Å². The van der Waals surface area contributed by atoms with Gasteiger partial charge < -0.3 is 9.84 Å². The Morgan fingerprint density at radius 2 is 1.91 bits per heavy atom. The Bertz CT molecular complexity index is 1300. The minimum absolute atomic E-state index is 0.0539. The second-order valence-corrected chi connectivity index (χ2v) is 12.3. The van der Waals surface area contributed by atoms with E-state index in [0.717, 1.165) is 41.0 Å². The number of hydrogen-bond donors (Lipinski definition) is 1. The Balaban J connectivity index is 1.21. The molecular formula is C24H28N4O4S2. The Labute approximate surface area is 203 Å². The van der Waals surface area contributed by atoms with Crippen LogP contribution in [0.3, 0.4) is 0 Å². The van der Waals surface area contributed by atoms with E-state index in [1.165, 1.54) is 10.7 Å². The van der Waals surface area contributed by atoms with E-state index in [0.29, 0.717) is 49.1 Å². The van der Waals surface area contributed by atoms with Crippen LogP contribution in [0.4, 0.5) is 5.69 Å². The summed E-state index contributed by atoms with van der Waals surface area (Å²) in [5.74, 6) is 1.13. The minimum Gasteiger partial charge on any atom is -0.339 e. The molecule has 34 heavy (non-hydrogen) atoms. The summed E-state index contributed by atoms with van der Waals surface area (Å²) >= 11 is 1.16. The normalized spacial score (nSPS) is 18.1. The summed E-state index contributed by atoms with van der Waals surface area (Å²) in [6.07, 6.45) is 4.27. The standard InChI is InChI=1S/C24H28N4O4S2/c1-15-6-7-20(16(2)12-15)25-23(29)17-8-10-28(11-9-17)34(30,31)21-13-19(14-33-21)22-26-24(32-27-22)18-4-3-5-18/h6-7,12-14,17-18H,3-5,8-11H2,1-2H3,(H,25,29). The molecular weight excluding hydrogens is 472 g/mol. The fourth-order valence-corrected chi connectivity index (χ4v) is 7.20. The smallest absolute Gasteiger partial charge is 0.252 e. The third-order valence-electron chi connectivity index (χ3n) is 6.79. The van der Waals surface area contributed by atoms with Gasteiger partial charge in [0.15, 0.2) is 0 Å². The monoisotopic (exact) mass is 500 g/mol. The molecule has 0 atom stereocenters. The van der Waals surface area contributed by atoms with Gasteiger partial charge in [-0.25, -0.2) is 8.42 Å². The van der Waals surface area contributed by atoms with E-state index in [1.807, 2.05) is 32.0 Å². The predicted octanol–water partition coefficient (Wildman–Crippen LogP) is 4.72. The molecule has 1 N–H and O–H groups in total. The number of carbonyl (C=O) groups is 1.